The molecule has 0 amide bonds. The maximum absolute atomic E-state index is 10.6. The smallest absolute Gasteiger partial charge is 0.313 e. The third-order valence-electron chi connectivity index (χ3n) is 3.33. The molecule has 0 bridgehead atoms. The highest BCUT2D eigenvalue weighted by Crippen LogP contribution is 2.30. The van der Waals surface area contributed by atoms with Gasteiger partial charge in [0, 0.05) is 12.7 Å². The summed E-state index contributed by atoms with van der Waals surface area (Å²) in [5.74, 6) is -0.202. The van der Waals surface area contributed by atoms with Crippen LogP contribution in [0.1, 0.15) is 33.4 Å². The molecule has 0 aromatic carbocycles. The lowest BCUT2D eigenvalue weighted by Gasteiger charge is -2.30. The van der Waals surface area contributed by atoms with Crippen LogP contribution in [0.3, 0.4) is 0 Å². The minimum Gasteiger partial charge on any atom is -0.481 e. The predicted octanol–water partition coefficient (Wildman–Crippen LogP) is 3.05. The number of hydrogen-bond donors (Lipinski definition) is 1. The lowest BCUT2D eigenvalue weighted by molar-refractivity contribution is -0.133. The SMILES string of the molecule is Cc1cn(CC(C)(C)C(C)C)c(SCC(=O)O)n1. The van der Waals surface area contributed by atoms with Gasteiger partial charge in [-0.25, -0.2) is 4.98 Å². The Balaban J connectivity index is 2.85. The molecule has 18 heavy (non-hydrogen) atoms. The van der Waals surface area contributed by atoms with E-state index in [1.54, 1.807) is 0 Å². The number of aliphatic carboxylic acids is 1. The van der Waals surface area contributed by atoms with Gasteiger partial charge in [0.15, 0.2) is 5.16 Å². The quantitative estimate of drug-likeness (QED) is 0.807. The van der Waals surface area contributed by atoms with Crippen LogP contribution >= 0.6 is 11.8 Å². The van der Waals surface area contributed by atoms with Gasteiger partial charge in [-0.3, -0.25) is 4.79 Å². The van der Waals surface area contributed by atoms with Gasteiger partial charge in [0.25, 0.3) is 0 Å². The van der Waals surface area contributed by atoms with Gasteiger partial charge in [-0.2, -0.15) is 0 Å². The number of rotatable bonds is 6. The van der Waals surface area contributed by atoms with Crippen molar-refractivity contribution in [1.29, 1.82) is 0 Å². The van der Waals surface area contributed by atoms with Crippen molar-refractivity contribution in [2.45, 2.75) is 46.3 Å². The number of carbonyl (C=O) groups is 1. The minimum absolute atomic E-state index is 0.0541. The van der Waals surface area contributed by atoms with Crippen molar-refractivity contribution >= 4 is 17.7 Å². The van der Waals surface area contributed by atoms with Crippen LogP contribution in [0.2, 0.25) is 0 Å². The molecular formula is C13H22N2O2S. The molecule has 5 heteroatoms. The number of imidazole rings is 1. The van der Waals surface area contributed by atoms with Crippen LogP contribution in [-0.2, 0) is 11.3 Å². The molecule has 1 aromatic rings. The highest BCUT2D eigenvalue weighted by Gasteiger charge is 2.24. The van der Waals surface area contributed by atoms with Gasteiger partial charge in [0.2, 0.25) is 0 Å². The number of hydrogen-bond acceptors (Lipinski definition) is 3. The van der Waals surface area contributed by atoms with Gasteiger partial charge < -0.3 is 9.67 Å². The van der Waals surface area contributed by atoms with Gasteiger partial charge >= 0.3 is 5.97 Å². The van der Waals surface area contributed by atoms with E-state index >= 15 is 0 Å². The van der Waals surface area contributed by atoms with E-state index in [2.05, 4.69) is 37.2 Å². The zero-order valence-corrected chi connectivity index (χ0v) is 12.5. The second kappa shape index (κ2) is 5.78. The summed E-state index contributed by atoms with van der Waals surface area (Å²) in [6.07, 6.45) is 1.99. The first-order chi connectivity index (χ1) is 8.22. The molecule has 0 unspecified atom stereocenters. The maximum Gasteiger partial charge on any atom is 0.313 e. The van der Waals surface area contributed by atoms with Gasteiger partial charge in [-0.1, -0.05) is 39.5 Å². The molecule has 1 rings (SSSR count). The molecule has 102 valence electrons. The Morgan fingerprint density at radius 3 is 2.67 bits per heavy atom. The highest BCUT2D eigenvalue weighted by atomic mass is 32.2. The lowest BCUT2D eigenvalue weighted by atomic mass is 9.81. The van der Waals surface area contributed by atoms with Crippen molar-refractivity contribution in [1.82, 2.24) is 9.55 Å². The minimum atomic E-state index is -0.810. The van der Waals surface area contributed by atoms with Crippen LogP contribution in [0.5, 0.6) is 0 Å². The Hall–Kier alpha value is -0.970. The summed E-state index contributed by atoms with van der Waals surface area (Å²) in [6, 6.07) is 0. The Kier molecular flexibility index (Phi) is 4.85. The predicted molar refractivity (Wildman–Crippen MR) is 73.9 cm³/mol. The molecule has 0 radical (unpaired) electrons. The monoisotopic (exact) mass is 270 g/mol. The average molecular weight is 270 g/mol. The number of aryl methyl sites for hydroxylation is 1. The second-order valence-corrected chi connectivity index (χ2v) is 6.56. The van der Waals surface area contributed by atoms with E-state index in [-0.39, 0.29) is 11.2 Å². The van der Waals surface area contributed by atoms with E-state index in [1.165, 1.54) is 11.8 Å². The maximum atomic E-state index is 10.6. The summed E-state index contributed by atoms with van der Waals surface area (Å²) in [5, 5.41) is 9.53. The summed E-state index contributed by atoms with van der Waals surface area (Å²) in [4.78, 5) is 15.0. The molecule has 0 aliphatic rings. The number of carboxylic acid groups (broad SMARTS) is 1. The molecule has 0 aliphatic carbocycles. The van der Waals surface area contributed by atoms with Crippen molar-refractivity contribution in [3.63, 3.8) is 0 Å². The standard InChI is InChI=1S/C13H22N2O2S/c1-9(2)13(4,5)8-15-6-10(3)14-12(15)18-7-11(16)17/h6,9H,7-8H2,1-5H3,(H,16,17). The normalized spacial score (nSPS) is 12.1. The molecule has 1 N–H and O–H groups in total. The molecule has 4 nitrogen and oxygen atoms in total. The van der Waals surface area contributed by atoms with Crippen LogP contribution < -0.4 is 0 Å². The molecule has 1 aromatic heterocycles. The fourth-order valence-corrected chi connectivity index (χ4v) is 2.25. The van der Waals surface area contributed by atoms with E-state index in [1.807, 2.05) is 13.1 Å². The Labute approximate surface area is 113 Å². The number of aromatic nitrogens is 2. The van der Waals surface area contributed by atoms with Gasteiger partial charge in [0.1, 0.15) is 0 Å². The van der Waals surface area contributed by atoms with Crippen molar-refractivity contribution in [3.8, 4) is 0 Å². The Morgan fingerprint density at radius 1 is 1.56 bits per heavy atom. The van der Waals surface area contributed by atoms with Crippen LogP contribution in [0.15, 0.2) is 11.4 Å². The van der Waals surface area contributed by atoms with Crippen molar-refractivity contribution in [2.75, 3.05) is 5.75 Å². The van der Waals surface area contributed by atoms with Crippen molar-refractivity contribution in [3.05, 3.63) is 11.9 Å². The fourth-order valence-electron chi connectivity index (χ4n) is 1.50. The molecule has 0 atom stereocenters. The second-order valence-electron chi connectivity index (χ2n) is 5.62. The topological polar surface area (TPSA) is 55.1 Å². The number of nitrogens with zero attached hydrogens (tertiary/aromatic N) is 2. The summed E-state index contributed by atoms with van der Waals surface area (Å²) >= 11 is 1.28. The molecule has 0 saturated heterocycles. The van der Waals surface area contributed by atoms with E-state index in [0.717, 1.165) is 17.4 Å². The van der Waals surface area contributed by atoms with Crippen LogP contribution in [0, 0.1) is 18.3 Å². The van der Waals surface area contributed by atoms with E-state index < -0.39 is 5.97 Å². The van der Waals surface area contributed by atoms with Crippen LogP contribution in [0.4, 0.5) is 0 Å². The highest BCUT2D eigenvalue weighted by molar-refractivity contribution is 7.99. The summed E-state index contributed by atoms with van der Waals surface area (Å²) in [7, 11) is 0. The van der Waals surface area contributed by atoms with Gasteiger partial charge in [-0.15, -0.1) is 0 Å². The Bertz CT molecular complexity index is 425. The number of carboxylic acids is 1. The Morgan fingerprint density at radius 2 is 2.17 bits per heavy atom. The molecular weight excluding hydrogens is 248 g/mol. The first-order valence-corrected chi connectivity index (χ1v) is 7.09. The average Bonchev–Trinajstić information content (AvgIpc) is 2.54. The molecule has 0 fully saturated rings. The van der Waals surface area contributed by atoms with E-state index in [0.29, 0.717) is 5.92 Å². The summed E-state index contributed by atoms with van der Waals surface area (Å²) in [6.45, 7) is 11.6. The van der Waals surface area contributed by atoms with Crippen LogP contribution in [0.25, 0.3) is 0 Å². The summed E-state index contributed by atoms with van der Waals surface area (Å²) < 4.78 is 2.07. The molecule has 0 saturated carbocycles. The van der Waals surface area contributed by atoms with Crippen LogP contribution in [-0.4, -0.2) is 26.4 Å². The van der Waals surface area contributed by atoms with Gasteiger partial charge in [0.05, 0.1) is 11.4 Å². The van der Waals surface area contributed by atoms with E-state index in [4.69, 9.17) is 5.11 Å². The third kappa shape index (κ3) is 4.05. The fraction of sp³-hybridized carbons (Fsp3) is 0.692. The lowest BCUT2D eigenvalue weighted by Crippen LogP contribution is -2.25. The molecule has 1 heterocycles. The first kappa shape index (κ1) is 15.1. The zero-order chi connectivity index (χ0) is 13.9. The first-order valence-electron chi connectivity index (χ1n) is 6.10. The zero-order valence-electron chi connectivity index (χ0n) is 11.7. The molecule has 0 spiro atoms. The largest absolute Gasteiger partial charge is 0.481 e. The summed E-state index contributed by atoms with van der Waals surface area (Å²) in [5.41, 5.74) is 1.09. The van der Waals surface area contributed by atoms with E-state index in [9.17, 15) is 4.79 Å². The molecule has 0 aliphatic heterocycles. The van der Waals surface area contributed by atoms with Crippen molar-refractivity contribution < 1.29 is 9.90 Å². The number of thioether (sulfide) groups is 1. The van der Waals surface area contributed by atoms with Gasteiger partial charge in [-0.05, 0) is 18.3 Å². The van der Waals surface area contributed by atoms with Crippen molar-refractivity contribution in [2.24, 2.45) is 11.3 Å². The third-order valence-corrected chi connectivity index (χ3v) is 4.30.